The van der Waals surface area contributed by atoms with Gasteiger partial charge in [-0.2, -0.15) is 0 Å². The highest BCUT2D eigenvalue weighted by Gasteiger charge is 2.28. The number of carbonyl (C=O) groups excluding carboxylic acids is 1. The first kappa shape index (κ1) is 28.8. The lowest BCUT2D eigenvalue weighted by Gasteiger charge is -2.26. The summed E-state index contributed by atoms with van der Waals surface area (Å²) in [6, 6.07) is 10.9. The van der Waals surface area contributed by atoms with Crippen molar-refractivity contribution < 1.29 is 27.4 Å². The first-order valence-corrected chi connectivity index (χ1v) is 15.5. The Balaban J connectivity index is 1.19. The van der Waals surface area contributed by atoms with Crippen LogP contribution < -0.4 is 20.1 Å². The van der Waals surface area contributed by atoms with E-state index in [-0.39, 0.29) is 23.5 Å². The van der Waals surface area contributed by atoms with Crippen molar-refractivity contribution in [2.75, 3.05) is 63.4 Å². The van der Waals surface area contributed by atoms with E-state index in [9.17, 15) is 13.2 Å². The number of nitrogens with zero attached hydrogens (tertiary/aromatic N) is 3. The molecule has 3 aromatic rings. The molecular weight excluding hydrogens is 546 g/mol. The molecule has 0 saturated carbocycles. The fourth-order valence-electron chi connectivity index (χ4n) is 4.88. The number of anilines is 2. The van der Waals surface area contributed by atoms with Crippen LogP contribution in [0, 0.1) is 0 Å². The number of carbonyl (C=O) groups is 1. The van der Waals surface area contributed by atoms with E-state index in [4.69, 9.17) is 14.2 Å². The van der Waals surface area contributed by atoms with Crippen LogP contribution >= 0.6 is 0 Å². The van der Waals surface area contributed by atoms with Gasteiger partial charge in [-0.1, -0.05) is 12.1 Å². The molecular formula is C29H35N5O6S. The molecule has 5 rings (SSSR count). The summed E-state index contributed by atoms with van der Waals surface area (Å²) in [5, 5.41) is 6.87. The number of hydrogen-bond acceptors (Lipinski definition) is 10. The molecule has 1 unspecified atom stereocenters. The van der Waals surface area contributed by atoms with Crippen LogP contribution in [-0.2, 0) is 19.4 Å². The van der Waals surface area contributed by atoms with E-state index in [1.165, 1.54) is 12.4 Å². The molecule has 2 aromatic carbocycles. The van der Waals surface area contributed by atoms with Crippen LogP contribution in [0.4, 0.5) is 11.5 Å². The van der Waals surface area contributed by atoms with Gasteiger partial charge in [-0.3, -0.25) is 9.69 Å². The van der Waals surface area contributed by atoms with Gasteiger partial charge in [0.1, 0.15) is 12.1 Å². The summed E-state index contributed by atoms with van der Waals surface area (Å²) in [6.45, 7) is 5.02. The molecule has 2 aliphatic heterocycles. The largest absolute Gasteiger partial charge is 0.493 e. The molecule has 2 N–H and O–H groups in total. The van der Waals surface area contributed by atoms with E-state index in [0.29, 0.717) is 30.3 Å². The van der Waals surface area contributed by atoms with Crippen LogP contribution in [0.3, 0.4) is 0 Å². The molecule has 1 atom stereocenters. The van der Waals surface area contributed by atoms with E-state index < -0.39 is 9.84 Å². The summed E-state index contributed by atoms with van der Waals surface area (Å²) >= 11 is 0. The highest BCUT2D eigenvalue weighted by molar-refractivity contribution is 7.91. The number of sulfone groups is 1. The molecule has 12 heteroatoms. The maximum Gasteiger partial charge on any atom is 0.244 e. The molecule has 3 heterocycles. The molecule has 11 nitrogen and oxygen atoms in total. The third-order valence-corrected chi connectivity index (χ3v) is 8.85. The number of ether oxygens (including phenoxy) is 3. The van der Waals surface area contributed by atoms with E-state index in [1.54, 1.807) is 13.2 Å². The molecule has 218 valence electrons. The summed E-state index contributed by atoms with van der Waals surface area (Å²) in [6.07, 6.45) is 5.97. The topological polar surface area (TPSA) is 132 Å². The first-order valence-electron chi connectivity index (χ1n) is 13.7. The number of nitrogens with one attached hydrogen (secondary N) is 2. The number of aromatic nitrogens is 2. The molecule has 0 aliphatic carbocycles. The number of amides is 1. The van der Waals surface area contributed by atoms with Crippen molar-refractivity contribution in [2.24, 2.45) is 0 Å². The Hall–Kier alpha value is -3.74. The number of rotatable bonds is 11. The zero-order valence-electron chi connectivity index (χ0n) is 23.0. The molecule has 41 heavy (non-hydrogen) atoms. The van der Waals surface area contributed by atoms with Crippen LogP contribution in [0.2, 0.25) is 0 Å². The van der Waals surface area contributed by atoms with Crippen LogP contribution in [0.1, 0.15) is 18.4 Å². The zero-order chi connectivity index (χ0) is 28.7. The fourth-order valence-corrected chi connectivity index (χ4v) is 6.55. The highest BCUT2D eigenvalue weighted by atomic mass is 32.2. The van der Waals surface area contributed by atoms with E-state index >= 15 is 0 Å². The first-order chi connectivity index (χ1) is 19.9. The Kier molecular flexibility index (Phi) is 9.32. The Morgan fingerprint density at radius 1 is 1.15 bits per heavy atom. The zero-order valence-corrected chi connectivity index (χ0v) is 23.9. The number of fused-ring (bicyclic) bond motifs is 1. The van der Waals surface area contributed by atoms with Crippen molar-refractivity contribution in [1.82, 2.24) is 20.2 Å². The maximum atomic E-state index is 12.2. The van der Waals surface area contributed by atoms with Crippen molar-refractivity contribution in [1.29, 1.82) is 0 Å². The van der Waals surface area contributed by atoms with Gasteiger partial charge in [0.05, 0.1) is 44.0 Å². The van der Waals surface area contributed by atoms with Gasteiger partial charge in [0.2, 0.25) is 5.91 Å². The molecule has 0 spiro atoms. The van der Waals surface area contributed by atoms with E-state index in [2.05, 4.69) is 25.5 Å². The number of benzene rings is 2. The molecule has 1 amide bonds. The summed E-state index contributed by atoms with van der Waals surface area (Å²) in [4.78, 5) is 23.4. The molecule has 0 radical (unpaired) electrons. The van der Waals surface area contributed by atoms with Gasteiger partial charge in [-0.15, -0.1) is 0 Å². The van der Waals surface area contributed by atoms with Gasteiger partial charge in [-0.05, 0) is 42.7 Å². The molecule has 0 bridgehead atoms. The fraction of sp³-hybridized carbons (Fsp3) is 0.414. The quantitative estimate of drug-likeness (QED) is 0.257. The van der Waals surface area contributed by atoms with Gasteiger partial charge in [0.15, 0.2) is 21.3 Å². The normalized spacial score (nSPS) is 18.9. The van der Waals surface area contributed by atoms with Gasteiger partial charge in [-0.25, -0.2) is 18.4 Å². The SMILES string of the molecule is COc1cc2c(Nc3ccc(/C=C/C(=O)NC4CCS(=O)(=O)C4)cc3)ncnc2cc1OCCCN1CCOCC1. The summed E-state index contributed by atoms with van der Waals surface area (Å²) in [7, 11) is -1.43. The van der Waals surface area contributed by atoms with Crippen molar-refractivity contribution in [3.8, 4) is 11.5 Å². The Morgan fingerprint density at radius 3 is 2.68 bits per heavy atom. The third kappa shape index (κ3) is 7.93. The number of hydrogen-bond donors (Lipinski definition) is 2. The highest BCUT2D eigenvalue weighted by Crippen LogP contribution is 2.35. The summed E-state index contributed by atoms with van der Waals surface area (Å²) in [5.41, 5.74) is 2.37. The van der Waals surface area contributed by atoms with Crippen molar-refractivity contribution in [3.05, 3.63) is 54.4 Å². The van der Waals surface area contributed by atoms with Crippen LogP contribution in [0.15, 0.2) is 48.8 Å². The average molecular weight is 582 g/mol. The van der Waals surface area contributed by atoms with Crippen molar-refractivity contribution in [2.45, 2.75) is 18.9 Å². The predicted molar refractivity (Wildman–Crippen MR) is 157 cm³/mol. The second kappa shape index (κ2) is 13.3. The second-order valence-electron chi connectivity index (χ2n) is 10.1. The minimum absolute atomic E-state index is 0.000237. The monoisotopic (exact) mass is 581 g/mol. The second-order valence-corrected chi connectivity index (χ2v) is 12.3. The van der Waals surface area contributed by atoms with E-state index in [1.807, 2.05) is 36.4 Å². The lowest BCUT2D eigenvalue weighted by atomic mass is 10.1. The number of morpholine rings is 1. The van der Waals surface area contributed by atoms with Gasteiger partial charge in [0.25, 0.3) is 0 Å². The molecule has 1 aromatic heterocycles. The standard InChI is InChI=1S/C29H35N5O6S/c1-38-26-17-24-25(18-27(26)40-13-2-10-34-11-14-39-15-12-34)30-20-31-29(24)33-22-6-3-21(4-7-22)5-8-28(35)32-23-9-16-41(36,37)19-23/h3-8,17-18,20,23H,2,9-16,19H2,1H3,(H,32,35)(H,30,31,33)/b8-5+. The summed E-state index contributed by atoms with van der Waals surface area (Å²) in [5.74, 6) is 1.68. The minimum Gasteiger partial charge on any atom is -0.493 e. The Morgan fingerprint density at radius 2 is 1.95 bits per heavy atom. The Bertz CT molecular complexity index is 1490. The smallest absolute Gasteiger partial charge is 0.244 e. The molecule has 2 aliphatic rings. The van der Waals surface area contributed by atoms with Crippen molar-refractivity contribution >= 4 is 44.2 Å². The predicted octanol–water partition coefficient (Wildman–Crippen LogP) is 2.80. The average Bonchev–Trinajstić information content (AvgIpc) is 3.32. The van der Waals surface area contributed by atoms with Crippen LogP contribution in [-0.4, -0.2) is 93.3 Å². The number of methoxy groups -OCH3 is 1. The van der Waals surface area contributed by atoms with Gasteiger partial charge < -0.3 is 24.8 Å². The van der Waals surface area contributed by atoms with Gasteiger partial charge in [0, 0.05) is 48.9 Å². The minimum atomic E-state index is -3.04. The lowest BCUT2D eigenvalue weighted by Crippen LogP contribution is -2.37. The summed E-state index contributed by atoms with van der Waals surface area (Å²) < 4.78 is 40.2. The molecule has 2 fully saturated rings. The molecule has 2 saturated heterocycles. The van der Waals surface area contributed by atoms with Crippen molar-refractivity contribution in [3.63, 3.8) is 0 Å². The van der Waals surface area contributed by atoms with E-state index in [0.717, 1.165) is 61.4 Å². The maximum absolute atomic E-state index is 12.2. The third-order valence-electron chi connectivity index (χ3n) is 7.08. The van der Waals surface area contributed by atoms with Gasteiger partial charge >= 0.3 is 0 Å². The van der Waals surface area contributed by atoms with Crippen LogP contribution in [0.5, 0.6) is 11.5 Å². The Labute approximate surface area is 239 Å². The lowest BCUT2D eigenvalue weighted by molar-refractivity contribution is -0.116. The van der Waals surface area contributed by atoms with Crippen LogP contribution in [0.25, 0.3) is 17.0 Å².